The van der Waals surface area contributed by atoms with Crippen LogP contribution in [0.4, 0.5) is 5.69 Å². The number of aliphatic carboxylic acids is 1. The molecule has 7 heteroatoms. The first-order valence-corrected chi connectivity index (χ1v) is 13.2. The van der Waals surface area contributed by atoms with Crippen molar-refractivity contribution in [2.45, 2.75) is 58.0 Å². The predicted molar refractivity (Wildman–Crippen MR) is 132 cm³/mol. The van der Waals surface area contributed by atoms with Crippen LogP contribution in [-0.2, 0) is 9.59 Å². The van der Waals surface area contributed by atoms with Crippen LogP contribution in [0.2, 0.25) is 0 Å². The van der Waals surface area contributed by atoms with E-state index in [0.29, 0.717) is 18.3 Å². The number of carboxylic acid groups (broad SMARTS) is 1. The fourth-order valence-electron chi connectivity index (χ4n) is 7.57. The molecule has 4 bridgehead atoms. The van der Waals surface area contributed by atoms with Crippen LogP contribution in [0.25, 0.3) is 0 Å². The maximum Gasteiger partial charge on any atom is 0.309 e. The van der Waals surface area contributed by atoms with Crippen molar-refractivity contribution in [3.8, 4) is 0 Å². The van der Waals surface area contributed by atoms with Crippen LogP contribution >= 0.6 is 15.9 Å². The normalized spacial score (nSPS) is 36.1. The quantitative estimate of drug-likeness (QED) is 0.617. The van der Waals surface area contributed by atoms with Gasteiger partial charge in [0.05, 0.1) is 16.6 Å². The number of anilines is 1. The van der Waals surface area contributed by atoms with E-state index in [-0.39, 0.29) is 23.8 Å². The average molecular weight is 518 g/mol. The van der Waals surface area contributed by atoms with Crippen LogP contribution in [0.15, 0.2) is 28.7 Å². The van der Waals surface area contributed by atoms with E-state index in [1.165, 1.54) is 5.69 Å². The Labute approximate surface area is 205 Å². The zero-order chi connectivity index (χ0) is 23.5. The summed E-state index contributed by atoms with van der Waals surface area (Å²) in [6.45, 7) is 9.62. The van der Waals surface area contributed by atoms with Gasteiger partial charge in [-0.25, -0.2) is 0 Å². The molecule has 6 atom stereocenters. The molecular formula is C26H36BrN3O3. The van der Waals surface area contributed by atoms with E-state index < -0.39 is 16.9 Å². The second-order valence-corrected chi connectivity index (χ2v) is 12.3. The maximum atomic E-state index is 13.6. The van der Waals surface area contributed by atoms with Crippen LogP contribution < -0.4 is 10.2 Å². The van der Waals surface area contributed by atoms with E-state index in [1.54, 1.807) is 0 Å². The smallest absolute Gasteiger partial charge is 0.309 e. The molecule has 1 saturated heterocycles. The number of hydrogen-bond acceptors (Lipinski definition) is 4. The summed E-state index contributed by atoms with van der Waals surface area (Å²) in [7, 11) is 0. The van der Waals surface area contributed by atoms with Gasteiger partial charge in [0.1, 0.15) is 0 Å². The first-order valence-electron chi connectivity index (χ1n) is 12.4. The summed E-state index contributed by atoms with van der Waals surface area (Å²) in [5.74, 6) is 0.659. The summed E-state index contributed by atoms with van der Waals surface area (Å²) in [5.41, 5.74) is 0.0341. The molecule has 5 aliphatic rings. The summed E-state index contributed by atoms with van der Waals surface area (Å²) >= 11 is 3.66. The molecule has 0 spiro atoms. The number of para-hydroxylation sites is 1. The molecule has 0 aromatic heterocycles. The lowest BCUT2D eigenvalue weighted by atomic mass is 9.44. The fraction of sp³-hybridized carbons (Fsp3) is 0.692. The molecule has 0 radical (unpaired) electrons. The predicted octanol–water partition coefficient (Wildman–Crippen LogP) is 3.99. The third-order valence-electron chi connectivity index (χ3n) is 9.55. The monoisotopic (exact) mass is 517 g/mol. The summed E-state index contributed by atoms with van der Waals surface area (Å²) in [6, 6.07) is 8.40. The van der Waals surface area contributed by atoms with Gasteiger partial charge in [0.25, 0.3) is 0 Å². The van der Waals surface area contributed by atoms with E-state index in [2.05, 4.69) is 56.2 Å². The van der Waals surface area contributed by atoms with Crippen LogP contribution in [0, 0.1) is 29.1 Å². The number of nitrogens with one attached hydrogen (secondary N) is 1. The first-order chi connectivity index (χ1) is 15.6. The molecule has 6 nitrogen and oxygen atoms in total. The Balaban J connectivity index is 1.25. The molecule has 5 fully saturated rings. The highest BCUT2D eigenvalue weighted by molar-refractivity contribution is 9.10. The lowest BCUT2D eigenvalue weighted by Crippen LogP contribution is -2.68. The molecule has 1 amide bonds. The average Bonchev–Trinajstić information content (AvgIpc) is 2.79. The topological polar surface area (TPSA) is 72.9 Å². The Hall–Kier alpha value is -1.60. The van der Waals surface area contributed by atoms with Gasteiger partial charge in [0.15, 0.2) is 0 Å². The summed E-state index contributed by atoms with van der Waals surface area (Å²) in [4.78, 5) is 30.5. The Morgan fingerprint density at radius 1 is 1.12 bits per heavy atom. The summed E-state index contributed by atoms with van der Waals surface area (Å²) in [6.07, 6.45) is 3.66. The van der Waals surface area contributed by atoms with Crippen molar-refractivity contribution >= 4 is 33.5 Å². The fourth-order valence-corrected chi connectivity index (χ4v) is 8.11. The number of benzene rings is 1. The highest BCUT2D eigenvalue weighted by Gasteiger charge is 2.63. The van der Waals surface area contributed by atoms with Crippen LogP contribution in [-0.4, -0.2) is 59.6 Å². The van der Waals surface area contributed by atoms with Gasteiger partial charge in [-0.2, -0.15) is 0 Å². The van der Waals surface area contributed by atoms with Crippen LogP contribution in [0.3, 0.4) is 0 Å². The number of rotatable bonds is 5. The van der Waals surface area contributed by atoms with Gasteiger partial charge >= 0.3 is 5.97 Å². The molecule has 1 aromatic carbocycles. The first kappa shape index (κ1) is 23.2. The highest BCUT2D eigenvalue weighted by Crippen LogP contribution is 2.62. The van der Waals surface area contributed by atoms with Crippen molar-refractivity contribution in [2.75, 3.05) is 31.1 Å². The van der Waals surface area contributed by atoms with Crippen molar-refractivity contribution in [1.82, 2.24) is 10.2 Å². The third-order valence-corrected chi connectivity index (χ3v) is 10.2. The second-order valence-electron chi connectivity index (χ2n) is 11.4. The molecule has 2 N–H and O–H groups in total. The molecule has 180 valence electrons. The van der Waals surface area contributed by atoms with Gasteiger partial charge in [-0.3, -0.25) is 14.5 Å². The van der Waals surface area contributed by atoms with Crippen molar-refractivity contribution in [3.05, 3.63) is 28.7 Å². The van der Waals surface area contributed by atoms with Gasteiger partial charge in [-0.15, -0.1) is 0 Å². The van der Waals surface area contributed by atoms with Crippen molar-refractivity contribution < 1.29 is 14.7 Å². The van der Waals surface area contributed by atoms with Gasteiger partial charge in [0.2, 0.25) is 5.91 Å². The maximum absolute atomic E-state index is 13.6. The number of nitrogens with zero attached hydrogens (tertiary/aromatic N) is 2. The van der Waals surface area contributed by atoms with Gasteiger partial charge < -0.3 is 15.3 Å². The molecule has 6 rings (SSSR count). The molecule has 1 heterocycles. The van der Waals surface area contributed by atoms with Crippen LogP contribution in [0.1, 0.15) is 46.5 Å². The van der Waals surface area contributed by atoms with Crippen LogP contribution in [0.5, 0.6) is 0 Å². The van der Waals surface area contributed by atoms with E-state index in [9.17, 15) is 14.7 Å². The van der Waals surface area contributed by atoms with Gasteiger partial charge in [0, 0.05) is 36.7 Å². The van der Waals surface area contributed by atoms with E-state index in [0.717, 1.165) is 49.9 Å². The SMILES string of the molecule is CC1C2CC3CC(CC1(C(=O)O)C3)C2NC(=O)C(C)(C)N1CCN(c2ccccc2Br)CC1. The number of hydrogen-bond donors (Lipinski definition) is 2. The van der Waals surface area contributed by atoms with Crippen molar-refractivity contribution in [3.63, 3.8) is 0 Å². The Bertz CT molecular complexity index is 944. The van der Waals surface area contributed by atoms with Crippen molar-refractivity contribution in [1.29, 1.82) is 0 Å². The van der Waals surface area contributed by atoms with Crippen molar-refractivity contribution in [2.24, 2.45) is 29.1 Å². The van der Waals surface area contributed by atoms with E-state index in [1.807, 2.05) is 19.9 Å². The lowest BCUT2D eigenvalue weighted by molar-refractivity contribution is -0.181. The standard InChI is InChI=1S/C26H36BrN3O3/c1-16-19-13-17-12-18(15-26(16,14-17)24(32)33)22(19)28-23(31)25(2,3)30-10-8-29(9-11-30)21-7-5-4-6-20(21)27/h4-7,16-19,22H,8-15H2,1-3H3,(H,28,31)(H,32,33). The van der Waals surface area contributed by atoms with Gasteiger partial charge in [-0.1, -0.05) is 19.1 Å². The van der Waals surface area contributed by atoms with Gasteiger partial charge in [-0.05, 0) is 91.3 Å². The minimum absolute atomic E-state index is 0.0888. The van der Waals surface area contributed by atoms with E-state index in [4.69, 9.17) is 0 Å². The molecule has 4 aliphatic carbocycles. The molecule has 1 aromatic rings. The Morgan fingerprint density at radius 2 is 1.82 bits per heavy atom. The molecule has 6 unspecified atom stereocenters. The third kappa shape index (κ3) is 3.70. The zero-order valence-corrected chi connectivity index (χ0v) is 21.5. The second kappa shape index (κ2) is 8.26. The largest absolute Gasteiger partial charge is 0.481 e. The highest BCUT2D eigenvalue weighted by atomic mass is 79.9. The molecule has 33 heavy (non-hydrogen) atoms. The Morgan fingerprint density at radius 3 is 2.48 bits per heavy atom. The molecule has 4 saturated carbocycles. The lowest BCUT2D eigenvalue weighted by Gasteiger charge is -2.62. The number of halogens is 1. The number of piperazine rings is 1. The number of carbonyl (C=O) groups excluding carboxylic acids is 1. The summed E-state index contributed by atoms with van der Waals surface area (Å²) < 4.78 is 1.10. The number of amides is 1. The Kier molecular flexibility index (Phi) is 5.80. The zero-order valence-electron chi connectivity index (χ0n) is 19.9. The number of carboxylic acids is 1. The molecule has 1 aliphatic heterocycles. The minimum Gasteiger partial charge on any atom is -0.481 e. The minimum atomic E-state index is -0.623. The summed E-state index contributed by atoms with van der Waals surface area (Å²) in [5, 5.41) is 13.5. The number of carbonyl (C=O) groups is 2. The van der Waals surface area contributed by atoms with E-state index >= 15 is 0 Å². The molecular weight excluding hydrogens is 482 g/mol.